The van der Waals surface area contributed by atoms with Crippen molar-refractivity contribution in [1.82, 2.24) is 9.13 Å². The summed E-state index contributed by atoms with van der Waals surface area (Å²) < 4.78 is 4.96. The van der Waals surface area contributed by atoms with Crippen molar-refractivity contribution in [3.8, 4) is 44.8 Å². The lowest BCUT2D eigenvalue weighted by atomic mass is 9.85. The number of benzene rings is 13. The highest BCUT2D eigenvalue weighted by molar-refractivity contribution is 6.12. The Morgan fingerprint density at radius 1 is 0.245 bits per heavy atom. The van der Waals surface area contributed by atoms with E-state index in [1.807, 2.05) is 0 Å². The molecule has 4 heteroatoms. The fraction of sp³-hybridized carbons (Fsp3) is 0.191. The number of anilines is 6. The normalized spacial score (nSPS) is 12.4. The second kappa shape index (κ2) is 24.1. The van der Waals surface area contributed by atoms with Crippen molar-refractivity contribution in [3.63, 3.8) is 0 Å². The Labute approximate surface area is 579 Å². The lowest BCUT2D eigenvalue weighted by Crippen LogP contribution is -2.12. The van der Waals surface area contributed by atoms with Gasteiger partial charge in [-0.1, -0.05) is 235 Å². The van der Waals surface area contributed by atoms with Gasteiger partial charge in [-0.2, -0.15) is 0 Å². The Bertz CT molecular complexity index is 5400. The third kappa shape index (κ3) is 11.5. The first-order chi connectivity index (χ1) is 46.9. The molecule has 0 N–H and O–H groups in total. The smallest absolute Gasteiger partial charge is 0.0543 e. The molecule has 0 bridgehead atoms. The van der Waals surface area contributed by atoms with E-state index in [1.165, 1.54) is 121 Å². The van der Waals surface area contributed by atoms with Crippen LogP contribution in [0.5, 0.6) is 0 Å². The van der Waals surface area contributed by atoms with E-state index in [1.54, 1.807) is 0 Å². The highest BCUT2D eigenvalue weighted by Crippen LogP contribution is 2.48. The molecule has 0 spiro atoms. The predicted octanol–water partition coefficient (Wildman–Crippen LogP) is 26.8. The number of rotatable bonds is 11. The molecule has 0 fully saturated rings. The second-order valence-corrected chi connectivity index (χ2v) is 31.3. The lowest BCUT2D eigenvalue weighted by Gasteiger charge is -2.29. The summed E-state index contributed by atoms with van der Waals surface area (Å²) in [5, 5.41) is 7.47. The Hall–Kier alpha value is -10.7. The number of hydrogen-bond acceptors (Lipinski definition) is 2. The first-order valence-electron chi connectivity index (χ1n) is 34.9. The Kier molecular flexibility index (Phi) is 15.6. The van der Waals surface area contributed by atoms with Crippen molar-refractivity contribution in [3.05, 3.63) is 312 Å². The van der Waals surface area contributed by atoms with E-state index in [9.17, 15) is 0 Å². The van der Waals surface area contributed by atoms with Crippen LogP contribution in [0.4, 0.5) is 34.1 Å². The summed E-state index contributed by atoms with van der Waals surface area (Å²) in [5.74, 6) is 0. The number of aromatic nitrogens is 2. The van der Waals surface area contributed by atoms with Gasteiger partial charge in [-0.25, -0.2) is 0 Å². The monoisotopic (exact) mass is 1270 g/mol. The summed E-state index contributed by atoms with van der Waals surface area (Å²) in [5.41, 5.74) is 28.4. The van der Waals surface area contributed by atoms with Gasteiger partial charge in [0.05, 0.1) is 27.8 Å². The molecular weight excluding hydrogens is 1190 g/mol. The summed E-state index contributed by atoms with van der Waals surface area (Å²) in [6.07, 6.45) is 0. The van der Waals surface area contributed by atoms with Gasteiger partial charge in [0.2, 0.25) is 0 Å². The molecule has 0 unspecified atom stereocenters. The van der Waals surface area contributed by atoms with Gasteiger partial charge in [0, 0.05) is 66.7 Å². The number of aryl methyl sites for hydroxylation is 2. The van der Waals surface area contributed by atoms with Crippen molar-refractivity contribution < 1.29 is 0 Å². The third-order valence-corrected chi connectivity index (χ3v) is 20.4. The molecule has 0 saturated heterocycles. The fourth-order valence-electron chi connectivity index (χ4n) is 14.9. The van der Waals surface area contributed by atoms with Crippen molar-refractivity contribution >= 4 is 88.5 Å². The second-order valence-electron chi connectivity index (χ2n) is 31.3. The third-order valence-electron chi connectivity index (χ3n) is 20.4. The molecule has 0 amide bonds. The minimum atomic E-state index is -0.00347. The van der Waals surface area contributed by atoms with Crippen LogP contribution in [-0.4, -0.2) is 9.13 Å². The zero-order valence-electron chi connectivity index (χ0n) is 59.3. The zero-order chi connectivity index (χ0) is 68.2. The number of nitrogens with zero attached hydrogens (tertiary/aromatic N) is 4. The summed E-state index contributed by atoms with van der Waals surface area (Å²) >= 11 is 0. The Morgan fingerprint density at radius 3 is 0.990 bits per heavy atom. The van der Waals surface area contributed by atoms with Crippen LogP contribution in [0.25, 0.3) is 99.1 Å². The minimum absolute atomic E-state index is 0.000825. The minimum Gasteiger partial charge on any atom is -0.310 e. The molecule has 0 aliphatic heterocycles. The van der Waals surface area contributed by atoms with Gasteiger partial charge < -0.3 is 18.9 Å². The van der Waals surface area contributed by atoms with Gasteiger partial charge >= 0.3 is 0 Å². The molecule has 484 valence electrons. The van der Waals surface area contributed by atoms with E-state index >= 15 is 0 Å². The molecule has 0 aliphatic carbocycles. The number of hydrogen-bond donors (Lipinski definition) is 0. The van der Waals surface area contributed by atoms with Crippen molar-refractivity contribution in [1.29, 1.82) is 0 Å². The molecular formula is C94H88N4. The predicted molar refractivity (Wildman–Crippen MR) is 423 cm³/mol. The quantitative estimate of drug-likeness (QED) is 0.128. The van der Waals surface area contributed by atoms with Crippen molar-refractivity contribution in [2.75, 3.05) is 9.80 Å². The number of fused-ring (bicyclic) bond motifs is 7. The van der Waals surface area contributed by atoms with Gasteiger partial charge in [0.15, 0.2) is 0 Å². The molecule has 15 rings (SSSR count). The van der Waals surface area contributed by atoms with Crippen LogP contribution in [0.1, 0.15) is 116 Å². The molecule has 0 aliphatic rings. The summed E-state index contributed by atoms with van der Waals surface area (Å²) in [6, 6.07) is 105. The molecule has 2 heterocycles. The molecule has 98 heavy (non-hydrogen) atoms. The maximum Gasteiger partial charge on any atom is 0.0543 e. The van der Waals surface area contributed by atoms with Crippen LogP contribution in [-0.2, 0) is 21.7 Å². The molecule has 0 saturated carbocycles. The Morgan fingerprint density at radius 2 is 0.592 bits per heavy atom. The van der Waals surface area contributed by atoms with Gasteiger partial charge in [0.1, 0.15) is 0 Å². The van der Waals surface area contributed by atoms with E-state index < -0.39 is 0 Å². The summed E-state index contributed by atoms with van der Waals surface area (Å²) in [4.78, 5) is 4.92. The molecule has 2 aromatic heterocycles. The highest BCUT2D eigenvalue weighted by Gasteiger charge is 2.27. The topological polar surface area (TPSA) is 16.3 Å². The van der Waals surface area contributed by atoms with E-state index in [4.69, 9.17) is 0 Å². The van der Waals surface area contributed by atoms with Gasteiger partial charge in [-0.3, -0.25) is 0 Å². The van der Waals surface area contributed by atoms with Crippen molar-refractivity contribution in [2.45, 2.75) is 119 Å². The summed E-state index contributed by atoms with van der Waals surface area (Å²) in [7, 11) is 0. The zero-order valence-corrected chi connectivity index (χ0v) is 59.3. The van der Waals surface area contributed by atoms with Gasteiger partial charge in [-0.05, 0) is 235 Å². The van der Waals surface area contributed by atoms with E-state index in [0.717, 1.165) is 45.5 Å². The highest BCUT2D eigenvalue weighted by atomic mass is 15.2. The Balaban J connectivity index is 0.873. The lowest BCUT2D eigenvalue weighted by molar-refractivity contribution is 0.590. The maximum atomic E-state index is 2.48. The average Bonchev–Trinajstić information content (AvgIpc) is 1.49. The molecule has 0 radical (unpaired) electrons. The van der Waals surface area contributed by atoms with Gasteiger partial charge in [-0.15, -0.1) is 0 Å². The van der Waals surface area contributed by atoms with E-state index in [0.29, 0.717) is 0 Å². The fourth-order valence-corrected chi connectivity index (χ4v) is 14.9. The standard InChI is InChI=1S/C94H88N4/c1-61-53-77(95(71-43-35-65(36-44-71)63-25-17-15-18-26-63)73-29-23-31-75(59-73)97-85-49-39-67(91(3,4)5)55-81(85)82-56-68(92(6,7)8)40-50-86(82)97)47-48-78(61)90-62(2)54-89(79-33-21-22-34-80(79)90)96(72-45-37-66(38-46-72)64-27-19-16-20-28-64)74-30-24-32-76(60-74)98-87-51-41-69(93(9,10)11)57-83(87)84-58-70(94(12,13)14)42-52-88(84)98/h15-60H,1-14H3. The van der Waals surface area contributed by atoms with Crippen molar-refractivity contribution in [2.24, 2.45) is 0 Å². The van der Waals surface area contributed by atoms with Gasteiger partial charge in [0.25, 0.3) is 0 Å². The first kappa shape index (κ1) is 63.4. The maximum absolute atomic E-state index is 2.48. The average molecular weight is 1270 g/mol. The largest absolute Gasteiger partial charge is 0.310 e. The van der Waals surface area contributed by atoms with E-state index in [2.05, 4.69) is 395 Å². The van der Waals surface area contributed by atoms with Crippen LogP contribution in [0.3, 0.4) is 0 Å². The SMILES string of the molecule is Cc1cc(N(c2ccc(-c3ccccc3)cc2)c2cccc(-n3c4ccc(C(C)(C)C)cc4c4cc(C(C)(C)C)ccc43)c2)ccc1-c1c(C)cc(N(c2ccc(-c3ccccc3)cc2)c2cccc(-n3c4ccc(C(C)(C)C)cc4c4cc(C(C)(C)C)ccc43)c2)c2ccccc12. The van der Waals surface area contributed by atoms with Crippen LogP contribution < -0.4 is 9.80 Å². The molecule has 4 nitrogen and oxygen atoms in total. The summed E-state index contributed by atoms with van der Waals surface area (Å²) in [6.45, 7) is 32.3. The molecule has 15 aromatic rings. The first-order valence-corrected chi connectivity index (χ1v) is 34.9. The van der Waals surface area contributed by atoms with E-state index in [-0.39, 0.29) is 21.7 Å². The van der Waals surface area contributed by atoms with Crippen LogP contribution in [0, 0.1) is 13.8 Å². The van der Waals surface area contributed by atoms with Crippen LogP contribution in [0.15, 0.2) is 279 Å². The van der Waals surface area contributed by atoms with Crippen LogP contribution in [0.2, 0.25) is 0 Å². The van der Waals surface area contributed by atoms with Crippen LogP contribution >= 0.6 is 0 Å². The molecule has 0 atom stereocenters. The molecule has 13 aromatic carbocycles.